The van der Waals surface area contributed by atoms with E-state index in [1.54, 1.807) is 17.1 Å². The van der Waals surface area contributed by atoms with Crippen LogP contribution in [0.1, 0.15) is 5.56 Å². The fourth-order valence-electron chi connectivity index (χ4n) is 2.92. The monoisotopic (exact) mass is 381 g/mol. The third kappa shape index (κ3) is 2.81. The maximum Gasteiger partial charge on any atom is 0.222 e. The molecule has 132 valence electrons. The van der Waals surface area contributed by atoms with Gasteiger partial charge in [-0.2, -0.15) is 8.75 Å². The fraction of sp³-hybridized carbons (Fsp3) is 0.0556. The molecule has 0 fully saturated rings. The number of nitrogens with zero attached hydrogens (tertiary/aromatic N) is 5. The van der Waals surface area contributed by atoms with Gasteiger partial charge in [-0.25, -0.2) is 13.8 Å². The SMILES string of the molecule is Fc1cccc(-c2nc3cn[n+](Cc4ccc5nsnc5c4)cc3[nH]2)c1F. The number of aromatic nitrogens is 6. The third-order valence-corrected chi connectivity index (χ3v) is 4.79. The summed E-state index contributed by atoms with van der Waals surface area (Å²) >= 11 is 1.18. The van der Waals surface area contributed by atoms with Crippen LogP contribution in [-0.4, -0.2) is 23.8 Å². The zero-order chi connectivity index (χ0) is 18.4. The molecular weight excluding hydrogens is 370 g/mol. The van der Waals surface area contributed by atoms with Crippen LogP contribution in [0.5, 0.6) is 0 Å². The maximum atomic E-state index is 14.0. The summed E-state index contributed by atoms with van der Waals surface area (Å²) in [5, 5.41) is 4.35. The van der Waals surface area contributed by atoms with Gasteiger partial charge in [0.1, 0.15) is 34.1 Å². The molecule has 3 heterocycles. The van der Waals surface area contributed by atoms with Gasteiger partial charge < -0.3 is 4.98 Å². The third-order valence-electron chi connectivity index (χ3n) is 4.24. The first-order valence-corrected chi connectivity index (χ1v) is 8.81. The number of imidazole rings is 1. The summed E-state index contributed by atoms with van der Waals surface area (Å²) in [6, 6.07) is 9.87. The number of rotatable bonds is 3. The molecule has 3 aromatic heterocycles. The predicted octanol–water partition coefficient (Wildman–Crippen LogP) is 3.24. The lowest BCUT2D eigenvalue weighted by Gasteiger charge is -1.99. The number of hydrogen-bond donors (Lipinski definition) is 1. The van der Waals surface area contributed by atoms with Crippen LogP contribution in [0.3, 0.4) is 0 Å². The zero-order valence-electron chi connectivity index (χ0n) is 13.7. The topological polar surface area (TPSA) is 71.2 Å². The Kier molecular flexibility index (Phi) is 3.61. The highest BCUT2D eigenvalue weighted by Gasteiger charge is 2.16. The normalized spacial score (nSPS) is 11.5. The lowest BCUT2D eigenvalue weighted by atomic mass is 10.2. The summed E-state index contributed by atoms with van der Waals surface area (Å²) in [4.78, 5) is 7.34. The molecule has 0 unspecified atom stereocenters. The molecule has 0 saturated heterocycles. The van der Waals surface area contributed by atoms with Gasteiger partial charge in [0.2, 0.25) is 6.20 Å². The predicted molar refractivity (Wildman–Crippen MR) is 96.0 cm³/mol. The average molecular weight is 381 g/mol. The number of nitrogens with one attached hydrogen (secondary N) is 1. The summed E-state index contributed by atoms with van der Waals surface area (Å²) in [6.45, 7) is 0.534. The minimum absolute atomic E-state index is 0.0826. The first-order chi connectivity index (χ1) is 13.2. The van der Waals surface area contributed by atoms with Gasteiger partial charge in [-0.1, -0.05) is 16.8 Å². The maximum absolute atomic E-state index is 14.0. The number of fused-ring (bicyclic) bond motifs is 2. The molecule has 5 rings (SSSR count). The van der Waals surface area contributed by atoms with Crippen LogP contribution in [-0.2, 0) is 6.54 Å². The van der Waals surface area contributed by atoms with Gasteiger partial charge in [0.25, 0.3) is 0 Å². The quantitative estimate of drug-likeness (QED) is 0.487. The molecule has 0 radical (unpaired) electrons. The fourth-order valence-corrected chi connectivity index (χ4v) is 3.44. The highest BCUT2D eigenvalue weighted by atomic mass is 32.1. The molecule has 0 aliphatic carbocycles. The first kappa shape index (κ1) is 15.9. The Morgan fingerprint density at radius 1 is 1.04 bits per heavy atom. The van der Waals surface area contributed by atoms with Gasteiger partial charge in [0.05, 0.1) is 17.3 Å². The van der Waals surface area contributed by atoms with Gasteiger partial charge in [-0.05, 0) is 29.4 Å². The van der Waals surface area contributed by atoms with E-state index in [1.165, 1.54) is 23.9 Å². The molecule has 27 heavy (non-hydrogen) atoms. The minimum Gasteiger partial charge on any atom is -0.333 e. The number of hydrogen-bond acceptors (Lipinski definition) is 5. The Balaban J connectivity index is 1.50. The Morgan fingerprint density at radius 2 is 1.93 bits per heavy atom. The summed E-state index contributed by atoms with van der Waals surface area (Å²) in [6.07, 6.45) is 3.38. The second-order valence-corrected chi connectivity index (χ2v) is 6.57. The van der Waals surface area contributed by atoms with Crippen molar-refractivity contribution in [2.75, 3.05) is 0 Å². The van der Waals surface area contributed by atoms with Crippen molar-refractivity contribution in [2.24, 2.45) is 0 Å². The van der Waals surface area contributed by atoms with E-state index in [9.17, 15) is 8.78 Å². The number of benzene rings is 2. The molecule has 0 atom stereocenters. The van der Waals surface area contributed by atoms with Crippen molar-refractivity contribution < 1.29 is 13.5 Å². The second kappa shape index (κ2) is 6.13. The van der Waals surface area contributed by atoms with Crippen LogP contribution < -0.4 is 4.68 Å². The standard InChI is InChI=1S/C18H10F2N6S/c19-12-3-1-2-11(17(12)20)18-22-15-7-21-26(9-16(15)23-18)8-10-4-5-13-14(6-10)25-27-24-13/h1-7,9H,8H2/p+1. The van der Waals surface area contributed by atoms with Crippen LogP contribution in [0.25, 0.3) is 33.5 Å². The second-order valence-electron chi connectivity index (χ2n) is 6.04. The van der Waals surface area contributed by atoms with Gasteiger partial charge in [-0.3, -0.25) is 0 Å². The van der Waals surface area contributed by atoms with Crippen molar-refractivity contribution in [3.05, 3.63) is 66.0 Å². The minimum atomic E-state index is -0.928. The Labute approximate surface area is 155 Å². The van der Waals surface area contributed by atoms with Gasteiger partial charge in [0.15, 0.2) is 18.2 Å². The van der Waals surface area contributed by atoms with E-state index < -0.39 is 11.6 Å². The van der Waals surface area contributed by atoms with Crippen LogP contribution in [0.15, 0.2) is 48.8 Å². The van der Waals surface area contributed by atoms with E-state index in [0.717, 1.165) is 22.7 Å². The van der Waals surface area contributed by atoms with Crippen LogP contribution in [0.4, 0.5) is 8.78 Å². The van der Waals surface area contributed by atoms with Gasteiger partial charge in [0, 0.05) is 5.56 Å². The van der Waals surface area contributed by atoms with Crippen molar-refractivity contribution in [1.29, 1.82) is 0 Å². The van der Waals surface area contributed by atoms with Gasteiger partial charge in [-0.15, -0.1) is 0 Å². The Hall–Kier alpha value is -3.33. The summed E-state index contributed by atoms with van der Waals surface area (Å²) < 4.78 is 37.7. The van der Waals surface area contributed by atoms with Crippen molar-refractivity contribution in [3.8, 4) is 11.4 Å². The van der Waals surface area contributed by atoms with Crippen molar-refractivity contribution >= 4 is 33.8 Å². The number of halogens is 2. The lowest BCUT2D eigenvalue weighted by molar-refractivity contribution is -0.745. The van der Waals surface area contributed by atoms with Crippen LogP contribution in [0, 0.1) is 11.6 Å². The van der Waals surface area contributed by atoms with Crippen LogP contribution in [0.2, 0.25) is 0 Å². The molecule has 1 N–H and O–H groups in total. The van der Waals surface area contributed by atoms with E-state index in [2.05, 4.69) is 23.8 Å². The highest BCUT2D eigenvalue weighted by molar-refractivity contribution is 7.00. The average Bonchev–Trinajstić information content (AvgIpc) is 3.29. The largest absolute Gasteiger partial charge is 0.333 e. The molecule has 9 heteroatoms. The van der Waals surface area contributed by atoms with Crippen LogP contribution >= 0.6 is 11.7 Å². The number of H-pyrrole nitrogens is 1. The Bertz CT molecular complexity index is 1300. The summed E-state index contributed by atoms with van der Waals surface area (Å²) in [5.41, 5.74) is 4.09. The molecule has 0 aliphatic heterocycles. The molecule has 2 aromatic carbocycles. The van der Waals surface area contributed by atoms with E-state index in [4.69, 9.17) is 0 Å². The molecule has 6 nitrogen and oxygen atoms in total. The van der Waals surface area contributed by atoms with Crippen molar-refractivity contribution in [3.63, 3.8) is 0 Å². The molecule has 0 saturated carbocycles. The van der Waals surface area contributed by atoms with Crippen molar-refractivity contribution in [1.82, 2.24) is 23.8 Å². The number of aromatic amines is 1. The smallest absolute Gasteiger partial charge is 0.222 e. The highest BCUT2D eigenvalue weighted by Crippen LogP contribution is 2.23. The first-order valence-electron chi connectivity index (χ1n) is 8.08. The molecule has 5 aromatic rings. The Morgan fingerprint density at radius 3 is 2.85 bits per heavy atom. The molecule has 0 spiro atoms. The summed E-state index contributed by atoms with van der Waals surface area (Å²) in [5.74, 6) is -1.58. The molecule has 0 aliphatic rings. The lowest BCUT2D eigenvalue weighted by Crippen LogP contribution is -2.37. The van der Waals surface area contributed by atoms with E-state index in [1.807, 2.05) is 18.2 Å². The zero-order valence-corrected chi connectivity index (χ0v) is 14.5. The van der Waals surface area contributed by atoms with E-state index in [-0.39, 0.29) is 11.4 Å². The van der Waals surface area contributed by atoms with E-state index in [0.29, 0.717) is 17.6 Å². The molecule has 0 amide bonds. The molecular formula is C18H11F2N6S+. The molecule has 0 bridgehead atoms. The van der Waals surface area contributed by atoms with Crippen molar-refractivity contribution in [2.45, 2.75) is 6.54 Å². The van der Waals surface area contributed by atoms with E-state index >= 15 is 0 Å². The summed E-state index contributed by atoms with van der Waals surface area (Å²) in [7, 11) is 0. The van der Waals surface area contributed by atoms with Gasteiger partial charge >= 0.3 is 0 Å².